The molecule has 0 unspecified atom stereocenters. The fourth-order valence-electron chi connectivity index (χ4n) is 4.29. The number of carbonyl (C=O) groups is 1. The van der Waals surface area contributed by atoms with Crippen LogP contribution in [0.15, 0.2) is 59.6 Å². The van der Waals surface area contributed by atoms with E-state index in [0.717, 1.165) is 35.7 Å². The van der Waals surface area contributed by atoms with Crippen LogP contribution in [0.4, 0.5) is 0 Å². The Hall–Kier alpha value is -2.35. The van der Waals surface area contributed by atoms with Gasteiger partial charge in [-0.3, -0.25) is 4.79 Å². The van der Waals surface area contributed by atoms with Gasteiger partial charge >= 0.3 is 0 Å². The SMILES string of the molecule is CC[C@H](C(=O)NCc1cccc(Cl)c1)n1ccc2cc(S(=O)(=O)N3CCCCC3)ccc21. The van der Waals surface area contributed by atoms with Gasteiger partial charge in [0, 0.05) is 41.8 Å². The quantitative estimate of drug-likeness (QED) is 0.538. The average Bonchev–Trinajstić information content (AvgIpc) is 3.22. The van der Waals surface area contributed by atoms with E-state index in [4.69, 9.17) is 11.6 Å². The minimum atomic E-state index is -3.50. The Morgan fingerprint density at radius 1 is 1.09 bits per heavy atom. The summed E-state index contributed by atoms with van der Waals surface area (Å²) in [6.07, 6.45) is 5.35. The van der Waals surface area contributed by atoms with Gasteiger partial charge in [-0.25, -0.2) is 8.42 Å². The van der Waals surface area contributed by atoms with E-state index in [0.29, 0.717) is 36.0 Å². The van der Waals surface area contributed by atoms with Gasteiger partial charge in [0.2, 0.25) is 15.9 Å². The van der Waals surface area contributed by atoms with Crippen LogP contribution in [0.2, 0.25) is 5.02 Å². The highest BCUT2D eigenvalue weighted by Gasteiger charge is 2.27. The summed E-state index contributed by atoms with van der Waals surface area (Å²) in [7, 11) is -3.50. The molecule has 1 atom stereocenters. The summed E-state index contributed by atoms with van der Waals surface area (Å²) in [5.74, 6) is -0.0880. The van der Waals surface area contributed by atoms with E-state index in [1.54, 1.807) is 28.6 Å². The van der Waals surface area contributed by atoms with Crippen LogP contribution < -0.4 is 5.32 Å². The van der Waals surface area contributed by atoms with Crippen molar-refractivity contribution in [2.45, 2.75) is 50.1 Å². The number of sulfonamides is 1. The molecule has 0 radical (unpaired) electrons. The molecule has 0 spiro atoms. The van der Waals surface area contributed by atoms with Crippen molar-refractivity contribution in [1.82, 2.24) is 14.2 Å². The Balaban J connectivity index is 1.54. The average molecular weight is 474 g/mol. The second-order valence-electron chi connectivity index (χ2n) is 8.18. The number of benzene rings is 2. The lowest BCUT2D eigenvalue weighted by molar-refractivity contribution is -0.124. The van der Waals surface area contributed by atoms with Crippen LogP contribution in [0.3, 0.4) is 0 Å². The zero-order chi connectivity index (χ0) is 22.7. The van der Waals surface area contributed by atoms with Gasteiger partial charge in [0.05, 0.1) is 4.90 Å². The van der Waals surface area contributed by atoms with Crippen molar-refractivity contribution in [2.75, 3.05) is 13.1 Å². The lowest BCUT2D eigenvalue weighted by Gasteiger charge is -2.26. The van der Waals surface area contributed by atoms with Gasteiger partial charge < -0.3 is 9.88 Å². The highest BCUT2D eigenvalue weighted by atomic mass is 35.5. The molecule has 0 saturated carbocycles. The molecule has 0 bridgehead atoms. The summed E-state index contributed by atoms with van der Waals surface area (Å²) in [6.45, 7) is 3.51. The first-order valence-electron chi connectivity index (χ1n) is 11.0. The number of carbonyl (C=O) groups excluding carboxylic acids is 1. The minimum absolute atomic E-state index is 0.0880. The Morgan fingerprint density at radius 2 is 1.88 bits per heavy atom. The molecular weight excluding hydrogens is 446 g/mol. The van der Waals surface area contributed by atoms with Crippen molar-refractivity contribution < 1.29 is 13.2 Å². The second kappa shape index (κ2) is 9.65. The normalized spacial score (nSPS) is 16.2. The first-order valence-corrected chi connectivity index (χ1v) is 12.8. The van der Waals surface area contributed by atoms with Gasteiger partial charge in [-0.05, 0) is 61.2 Å². The molecular formula is C24H28ClN3O3S. The van der Waals surface area contributed by atoms with E-state index in [-0.39, 0.29) is 5.91 Å². The molecule has 8 heteroatoms. The van der Waals surface area contributed by atoms with Gasteiger partial charge in [0.15, 0.2) is 0 Å². The number of nitrogens with zero attached hydrogens (tertiary/aromatic N) is 2. The molecule has 1 amide bonds. The van der Waals surface area contributed by atoms with Gasteiger partial charge in [-0.1, -0.05) is 37.1 Å². The third-order valence-electron chi connectivity index (χ3n) is 6.03. The van der Waals surface area contributed by atoms with Crippen LogP contribution in [-0.4, -0.2) is 36.3 Å². The van der Waals surface area contributed by atoms with Crippen molar-refractivity contribution in [3.63, 3.8) is 0 Å². The fourth-order valence-corrected chi connectivity index (χ4v) is 6.06. The first kappa shape index (κ1) is 22.8. The van der Waals surface area contributed by atoms with E-state index in [1.807, 2.05) is 42.0 Å². The summed E-state index contributed by atoms with van der Waals surface area (Å²) in [5.41, 5.74) is 1.78. The van der Waals surface area contributed by atoms with Crippen LogP contribution in [-0.2, 0) is 21.4 Å². The number of rotatable bonds is 7. The van der Waals surface area contributed by atoms with E-state index >= 15 is 0 Å². The van der Waals surface area contributed by atoms with Gasteiger partial charge in [0.25, 0.3) is 0 Å². The number of hydrogen-bond donors (Lipinski definition) is 1. The molecule has 4 rings (SSSR count). The van der Waals surface area contributed by atoms with Crippen LogP contribution in [0, 0.1) is 0 Å². The van der Waals surface area contributed by atoms with E-state index in [9.17, 15) is 13.2 Å². The van der Waals surface area contributed by atoms with Crippen molar-refractivity contribution >= 4 is 38.4 Å². The van der Waals surface area contributed by atoms with Crippen LogP contribution >= 0.6 is 11.6 Å². The third-order valence-corrected chi connectivity index (χ3v) is 8.16. The summed E-state index contributed by atoms with van der Waals surface area (Å²) in [4.78, 5) is 13.2. The summed E-state index contributed by atoms with van der Waals surface area (Å²) < 4.78 is 29.5. The molecule has 6 nitrogen and oxygen atoms in total. The highest BCUT2D eigenvalue weighted by molar-refractivity contribution is 7.89. The summed E-state index contributed by atoms with van der Waals surface area (Å²) in [6, 6.07) is 14.1. The van der Waals surface area contributed by atoms with E-state index in [1.165, 1.54) is 0 Å². The second-order valence-corrected chi connectivity index (χ2v) is 10.6. The topological polar surface area (TPSA) is 71.4 Å². The van der Waals surface area contributed by atoms with Crippen molar-refractivity contribution in [3.8, 4) is 0 Å². The van der Waals surface area contributed by atoms with Gasteiger partial charge in [-0.2, -0.15) is 4.31 Å². The lowest BCUT2D eigenvalue weighted by atomic mass is 10.1. The molecule has 1 saturated heterocycles. The van der Waals surface area contributed by atoms with Crippen LogP contribution in [0.5, 0.6) is 0 Å². The number of piperidine rings is 1. The standard InChI is InChI=1S/C24H28ClN3O3S/c1-2-22(24(29)26-17-18-7-6-8-20(25)15-18)28-14-11-19-16-21(9-10-23(19)28)32(30,31)27-12-4-3-5-13-27/h6-11,14-16,22H,2-5,12-13,17H2,1H3,(H,26,29)/t22-/m1/s1. The van der Waals surface area contributed by atoms with E-state index < -0.39 is 16.1 Å². The molecule has 2 heterocycles. The minimum Gasteiger partial charge on any atom is -0.350 e. The Labute approximate surface area is 194 Å². The zero-order valence-electron chi connectivity index (χ0n) is 18.1. The Morgan fingerprint density at radius 3 is 2.59 bits per heavy atom. The van der Waals surface area contributed by atoms with Crippen molar-refractivity contribution in [2.24, 2.45) is 0 Å². The largest absolute Gasteiger partial charge is 0.350 e. The maximum atomic E-state index is 13.0. The predicted octanol–water partition coefficient (Wildman–Crippen LogP) is 4.74. The number of aromatic nitrogens is 1. The first-order chi connectivity index (χ1) is 15.4. The zero-order valence-corrected chi connectivity index (χ0v) is 19.7. The number of fused-ring (bicyclic) bond motifs is 1. The highest BCUT2D eigenvalue weighted by Crippen LogP contribution is 2.27. The molecule has 1 fully saturated rings. The molecule has 1 N–H and O–H groups in total. The van der Waals surface area contributed by atoms with Crippen LogP contribution in [0.1, 0.15) is 44.2 Å². The molecule has 1 aliphatic rings. The van der Waals surface area contributed by atoms with Gasteiger partial charge in [0.1, 0.15) is 6.04 Å². The summed E-state index contributed by atoms with van der Waals surface area (Å²) in [5, 5.41) is 4.43. The molecule has 1 aliphatic heterocycles. The molecule has 170 valence electrons. The monoisotopic (exact) mass is 473 g/mol. The maximum Gasteiger partial charge on any atom is 0.243 e. The number of hydrogen-bond acceptors (Lipinski definition) is 3. The molecule has 3 aromatic rings. The Bertz CT molecular complexity index is 1220. The van der Waals surface area contributed by atoms with Crippen molar-refractivity contribution in [3.05, 3.63) is 65.3 Å². The lowest BCUT2D eigenvalue weighted by Crippen LogP contribution is -2.35. The molecule has 1 aromatic heterocycles. The summed E-state index contributed by atoms with van der Waals surface area (Å²) >= 11 is 6.03. The molecule has 0 aliphatic carbocycles. The maximum absolute atomic E-state index is 13.0. The van der Waals surface area contributed by atoms with Gasteiger partial charge in [-0.15, -0.1) is 0 Å². The number of amides is 1. The third kappa shape index (κ3) is 4.70. The van der Waals surface area contributed by atoms with E-state index in [2.05, 4.69) is 5.32 Å². The fraction of sp³-hybridized carbons (Fsp3) is 0.375. The van der Waals surface area contributed by atoms with Crippen LogP contribution in [0.25, 0.3) is 10.9 Å². The smallest absolute Gasteiger partial charge is 0.243 e. The molecule has 2 aromatic carbocycles. The predicted molar refractivity (Wildman–Crippen MR) is 127 cm³/mol. The molecule has 32 heavy (non-hydrogen) atoms. The number of halogens is 1. The number of nitrogens with one attached hydrogen (secondary N) is 1. The van der Waals surface area contributed by atoms with Crippen molar-refractivity contribution in [1.29, 1.82) is 0 Å². The Kier molecular flexibility index (Phi) is 6.88.